The van der Waals surface area contributed by atoms with Gasteiger partial charge in [-0.05, 0) is 36.6 Å². The van der Waals surface area contributed by atoms with Crippen LogP contribution in [0.4, 0.5) is 5.95 Å². The van der Waals surface area contributed by atoms with Crippen molar-refractivity contribution in [2.45, 2.75) is 25.3 Å². The van der Waals surface area contributed by atoms with Crippen LogP contribution < -0.4 is 5.32 Å². The van der Waals surface area contributed by atoms with Crippen LogP contribution in [0.2, 0.25) is 0 Å². The number of aromatic nitrogens is 3. The molecule has 2 heterocycles. The van der Waals surface area contributed by atoms with Crippen molar-refractivity contribution in [1.29, 1.82) is 5.26 Å². The molecule has 136 valence electrons. The van der Waals surface area contributed by atoms with E-state index in [2.05, 4.69) is 26.3 Å². The number of benzene rings is 1. The van der Waals surface area contributed by atoms with Crippen molar-refractivity contribution in [3.8, 4) is 6.07 Å². The molecule has 27 heavy (non-hydrogen) atoms. The highest BCUT2D eigenvalue weighted by molar-refractivity contribution is 5.40. The molecule has 0 radical (unpaired) electrons. The molecule has 2 N–H and O–H groups in total. The Morgan fingerprint density at radius 2 is 1.89 bits per heavy atom. The summed E-state index contributed by atoms with van der Waals surface area (Å²) in [7, 11) is 0. The molecule has 1 aromatic carbocycles. The highest BCUT2D eigenvalue weighted by atomic mass is 16.3. The molecule has 6 heteroatoms. The zero-order valence-electron chi connectivity index (χ0n) is 15.1. The van der Waals surface area contributed by atoms with E-state index in [0.29, 0.717) is 23.8 Å². The lowest BCUT2D eigenvalue weighted by Crippen LogP contribution is -2.16. The van der Waals surface area contributed by atoms with Crippen LogP contribution in [0.15, 0.2) is 60.9 Å². The molecular formula is C21H21N5O. The molecule has 0 spiro atoms. The van der Waals surface area contributed by atoms with Crippen molar-refractivity contribution in [3.05, 3.63) is 83.4 Å². The molecule has 0 saturated carbocycles. The first-order valence-electron chi connectivity index (χ1n) is 8.79. The SMILES string of the molecule is Cc1cnc(NC(CCO)c2ccccc2)nc1C(C#N)c1ccccn1. The van der Waals surface area contributed by atoms with Crippen LogP contribution >= 0.6 is 0 Å². The number of nitrogens with one attached hydrogen (secondary N) is 1. The fourth-order valence-corrected chi connectivity index (χ4v) is 2.92. The molecule has 0 fully saturated rings. The number of aliphatic hydroxyl groups is 1. The maximum absolute atomic E-state index is 9.69. The summed E-state index contributed by atoms with van der Waals surface area (Å²) in [5.74, 6) is -0.142. The van der Waals surface area contributed by atoms with Gasteiger partial charge in [0.2, 0.25) is 5.95 Å². The molecule has 0 aliphatic rings. The molecule has 0 bridgehead atoms. The third-order valence-electron chi connectivity index (χ3n) is 4.32. The van der Waals surface area contributed by atoms with Gasteiger partial charge in [0.15, 0.2) is 0 Å². The number of aliphatic hydroxyl groups excluding tert-OH is 1. The zero-order chi connectivity index (χ0) is 19.1. The molecule has 2 unspecified atom stereocenters. The molecule has 3 rings (SSSR count). The quantitative estimate of drug-likeness (QED) is 0.671. The van der Waals surface area contributed by atoms with Crippen molar-refractivity contribution in [3.63, 3.8) is 0 Å². The maximum Gasteiger partial charge on any atom is 0.223 e. The molecule has 3 aromatic rings. The van der Waals surface area contributed by atoms with E-state index >= 15 is 0 Å². The van der Waals surface area contributed by atoms with Gasteiger partial charge in [0, 0.05) is 19.0 Å². The van der Waals surface area contributed by atoms with Crippen molar-refractivity contribution in [2.24, 2.45) is 0 Å². The van der Waals surface area contributed by atoms with E-state index in [4.69, 9.17) is 0 Å². The lowest BCUT2D eigenvalue weighted by molar-refractivity contribution is 0.280. The number of aryl methyl sites for hydroxylation is 1. The number of rotatable bonds is 7. The van der Waals surface area contributed by atoms with Gasteiger partial charge in [-0.1, -0.05) is 36.4 Å². The van der Waals surface area contributed by atoms with Gasteiger partial charge in [-0.15, -0.1) is 0 Å². The number of anilines is 1. The third kappa shape index (κ3) is 4.46. The van der Waals surface area contributed by atoms with Crippen molar-refractivity contribution >= 4 is 5.95 Å². The average Bonchev–Trinajstić information content (AvgIpc) is 2.72. The second kappa shape index (κ2) is 8.88. The first-order chi connectivity index (χ1) is 13.2. The molecule has 0 aliphatic carbocycles. The molecule has 2 atom stereocenters. The predicted octanol–water partition coefficient (Wildman–Crippen LogP) is 3.37. The van der Waals surface area contributed by atoms with Crippen LogP contribution in [0.5, 0.6) is 0 Å². The van der Waals surface area contributed by atoms with Gasteiger partial charge in [0.25, 0.3) is 0 Å². The molecule has 0 aliphatic heterocycles. The van der Waals surface area contributed by atoms with Crippen LogP contribution in [0.1, 0.15) is 40.9 Å². The number of hydrogen-bond donors (Lipinski definition) is 2. The van der Waals surface area contributed by atoms with Gasteiger partial charge in [-0.2, -0.15) is 5.26 Å². The topological polar surface area (TPSA) is 94.7 Å². The molecule has 0 amide bonds. The number of nitriles is 1. The smallest absolute Gasteiger partial charge is 0.223 e. The standard InChI is InChI=1S/C21H21N5O/c1-15-14-24-21(25-18(10-12-27)16-7-3-2-4-8-16)26-20(15)17(13-22)19-9-5-6-11-23-19/h2-9,11,14,17-18,27H,10,12H2,1H3,(H,24,25,26). The minimum absolute atomic E-state index is 0.0417. The number of nitrogens with zero attached hydrogens (tertiary/aromatic N) is 4. The van der Waals surface area contributed by atoms with Crippen LogP contribution in [-0.2, 0) is 0 Å². The normalized spacial score (nSPS) is 12.8. The van der Waals surface area contributed by atoms with Crippen molar-refractivity contribution < 1.29 is 5.11 Å². The lowest BCUT2D eigenvalue weighted by atomic mass is 9.99. The Bertz CT molecular complexity index is 909. The van der Waals surface area contributed by atoms with E-state index < -0.39 is 5.92 Å². The lowest BCUT2D eigenvalue weighted by Gasteiger charge is -2.19. The van der Waals surface area contributed by atoms with Crippen LogP contribution in [0, 0.1) is 18.3 Å². The second-order valence-electron chi connectivity index (χ2n) is 6.20. The minimum Gasteiger partial charge on any atom is -0.396 e. The van der Waals surface area contributed by atoms with Gasteiger partial charge in [-0.3, -0.25) is 4.98 Å². The Hall–Kier alpha value is -3.30. The fraction of sp³-hybridized carbons (Fsp3) is 0.238. The summed E-state index contributed by atoms with van der Waals surface area (Å²) < 4.78 is 0. The zero-order valence-corrected chi connectivity index (χ0v) is 15.1. The highest BCUT2D eigenvalue weighted by Crippen LogP contribution is 2.26. The van der Waals surface area contributed by atoms with Crippen LogP contribution in [0.25, 0.3) is 0 Å². The van der Waals surface area contributed by atoms with Gasteiger partial charge in [0.05, 0.1) is 23.5 Å². The van der Waals surface area contributed by atoms with Crippen molar-refractivity contribution in [2.75, 3.05) is 11.9 Å². The van der Waals surface area contributed by atoms with E-state index in [9.17, 15) is 10.4 Å². The monoisotopic (exact) mass is 359 g/mol. The van der Waals surface area contributed by atoms with Crippen molar-refractivity contribution in [1.82, 2.24) is 15.0 Å². The minimum atomic E-state index is -0.567. The fourth-order valence-electron chi connectivity index (χ4n) is 2.92. The van der Waals surface area contributed by atoms with Gasteiger partial charge < -0.3 is 10.4 Å². The Balaban J connectivity index is 1.91. The Kier molecular flexibility index (Phi) is 6.08. The molecule has 2 aromatic heterocycles. The molecule has 6 nitrogen and oxygen atoms in total. The predicted molar refractivity (Wildman–Crippen MR) is 103 cm³/mol. The van der Waals surface area contributed by atoms with E-state index in [1.807, 2.05) is 55.5 Å². The third-order valence-corrected chi connectivity index (χ3v) is 4.32. The van der Waals surface area contributed by atoms with Crippen LogP contribution in [0.3, 0.4) is 0 Å². The second-order valence-corrected chi connectivity index (χ2v) is 6.20. The van der Waals surface area contributed by atoms with Gasteiger partial charge in [0.1, 0.15) is 5.92 Å². The average molecular weight is 359 g/mol. The summed E-state index contributed by atoms with van der Waals surface area (Å²) in [6, 6.07) is 17.5. The maximum atomic E-state index is 9.69. The Morgan fingerprint density at radius 3 is 2.56 bits per heavy atom. The molecule has 0 saturated heterocycles. The van der Waals surface area contributed by atoms with Crippen LogP contribution in [-0.4, -0.2) is 26.7 Å². The summed E-state index contributed by atoms with van der Waals surface area (Å²) in [5, 5.41) is 22.4. The van der Waals surface area contributed by atoms with E-state index in [1.54, 1.807) is 12.4 Å². The van der Waals surface area contributed by atoms with Gasteiger partial charge >= 0.3 is 0 Å². The number of hydrogen-bond acceptors (Lipinski definition) is 6. The first kappa shape index (κ1) is 18.5. The number of pyridine rings is 1. The summed E-state index contributed by atoms with van der Waals surface area (Å²) in [4.78, 5) is 13.3. The first-order valence-corrected chi connectivity index (χ1v) is 8.79. The largest absolute Gasteiger partial charge is 0.396 e. The Morgan fingerprint density at radius 1 is 1.11 bits per heavy atom. The van der Waals surface area contributed by atoms with E-state index in [-0.39, 0.29) is 12.6 Å². The molecular weight excluding hydrogens is 338 g/mol. The van der Waals surface area contributed by atoms with E-state index in [1.165, 1.54) is 0 Å². The summed E-state index contributed by atoms with van der Waals surface area (Å²) in [5.41, 5.74) is 3.15. The Labute approximate surface area is 158 Å². The highest BCUT2D eigenvalue weighted by Gasteiger charge is 2.20. The summed E-state index contributed by atoms with van der Waals surface area (Å²) >= 11 is 0. The van der Waals surface area contributed by atoms with Gasteiger partial charge in [-0.25, -0.2) is 9.97 Å². The summed E-state index contributed by atoms with van der Waals surface area (Å²) in [6.45, 7) is 1.93. The summed E-state index contributed by atoms with van der Waals surface area (Å²) in [6.07, 6.45) is 3.90. The van der Waals surface area contributed by atoms with E-state index in [0.717, 1.165) is 11.1 Å².